The summed E-state index contributed by atoms with van der Waals surface area (Å²) in [5.41, 5.74) is 12.2. The first-order valence-corrected chi connectivity index (χ1v) is 14.7. The average Bonchev–Trinajstić information content (AvgIpc) is 3.07. The van der Waals surface area contributed by atoms with Crippen molar-refractivity contribution in [3.05, 3.63) is 178 Å². The molecule has 6 aromatic rings. The van der Waals surface area contributed by atoms with E-state index in [9.17, 15) is 5.26 Å². The molecule has 0 atom stereocenters. The summed E-state index contributed by atoms with van der Waals surface area (Å²) >= 11 is 0. The largest absolute Gasteiger partial charge is 0.457 e. The molecule has 8 rings (SSSR count). The summed E-state index contributed by atoms with van der Waals surface area (Å²) < 4.78 is 6.55. The maximum Gasteiger partial charge on any atom is 0.132 e. The van der Waals surface area contributed by atoms with Gasteiger partial charge in [-0.1, -0.05) is 123 Å². The Balaban J connectivity index is 1.38. The lowest BCUT2D eigenvalue weighted by atomic mass is 9.53. The van der Waals surface area contributed by atoms with Gasteiger partial charge in [-0.3, -0.25) is 0 Å². The number of nitrogens with zero attached hydrogens (tertiary/aromatic N) is 1. The summed E-state index contributed by atoms with van der Waals surface area (Å²) in [6.45, 7) is 4.70. The molecule has 1 aliphatic carbocycles. The van der Waals surface area contributed by atoms with Gasteiger partial charge in [0.05, 0.1) is 17.0 Å². The molecule has 0 bridgehead atoms. The first kappa shape index (κ1) is 25.3. The van der Waals surface area contributed by atoms with E-state index < -0.39 is 5.41 Å². The van der Waals surface area contributed by atoms with Gasteiger partial charge < -0.3 is 4.74 Å². The first-order valence-electron chi connectivity index (χ1n) is 14.7. The van der Waals surface area contributed by atoms with Crippen LogP contribution in [0.4, 0.5) is 0 Å². The van der Waals surface area contributed by atoms with Gasteiger partial charge >= 0.3 is 0 Å². The van der Waals surface area contributed by atoms with Crippen LogP contribution in [0.5, 0.6) is 11.5 Å². The Hall–Kier alpha value is -5.39. The van der Waals surface area contributed by atoms with Gasteiger partial charge in [-0.2, -0.15) is 5.26 Å². The van der Waals surface area contributed by atoms with Gasteiger partial charge in [0.15, 0.2) is 0 Å². The van der Waals surface area contributed by atoms with Gasteiger partial charge in [-0.05, 0) is 74.8 Å². The van der Waals surface area contributed by atoms with Gasteiger partial charge in [-0.15, -0.1) is 0 Å². The predicted molar refractivity (Wildman–Crippen MR) is 173 cm³/mol. The lowest BCUT2D eigenvalue weighted by Gasteiger charge is -2.50. The van der Waals surface area contributed by atoms with Crippen LogP contribution in [-0.4, -0.2) is 0 Å². The molecule has 43 heavy (non-hydrogen) atoms. The topological polar surface area (TPSA) is 33.0 Å². The van der Waals surface area contributed by atoms with E-state index in [1.165, 1.54) is 44.5 Å². The van der Waals surface area contributed by atoms with E-state index in [0.717, 1.165) is 22.6 Å². The van der Waals surface area contributed by atoms with E-state index in [-0.39, 0.29) is 5.41 Å². The highest BCUT2D eigenvalue weighted by Gasteiger charge is 2.52. The van der Waals surface area contributed by atoms with Crippen LogP contribution in [0, 0.1) is 11.3 Å². The Kier molecular flexibility index (Phi) is 5.49. The van der Waals surface area contributed by atoms with Crippen molar-refractivity contribution in [3.8, 4) is 39.8 Å². The molecule has 0 unspecified atom stereocenters. The molecule has 0 aromatic heterocycles. The van der Waals surface area contributed by atoms with Crippen molar-refractivity contribution in [2.45, 2.75) is 24.7 Å². The fourth-order valence-electron chi connectivity index (χ4n) is 7.39. The van der Waals surface area contributed by atoms with Crippen LogP contribution in [0.3, 0.4) is 0 Å². The second-order valence-electron chi connectivity index (χ2n) is 12.0. The van der Waals surface area contributed by atoms with Crippen LogP contribution >= 0.6 is 0 Å². The van der Waals surface area contributed by atoms with Crippen molar-refractivity contribution in [1.82, 2.24) is 0 Å². The summed E-state index contributed by atoms with van der Waals surface area (Å²) in [6.07, 6.45) is 0. The van der Waals surface area contributed by atoms with Crippen molar-refractivity contribution in [2.75, 3.05) is 0 Å². The number of benzene rings is 6. The molecule has 0 fully saturated rings. The summed E-state index contributed by atoms with van der Waals surface area (Å²) in [5.74, 6) is 1.80. The zero-order valence-electron chi connectivity index (χ0n) is 24.1. The Morgan fingerprint density at radius 1 is 0.465 bits per heavy atom. The van der Waals surface area contributed by atoms with Gasteiger partial charge in [0, 0.05) is 16.5 Å². The average molecular weight is 552 g/mol. The lowest BCUT2D eigenvalue weighted by molar-refractivity contribution is 0.425. The highest BCUT2D eigenvalue weighted by atomic mass is 16.5. The summed E-state index contributed by atoms with van der Waals surface area (Å²) in [5, 5.41) is 9.18. The number of hydrogen-bond acceptors (Lipinski definition) is 2. The summed E-state index contributed by atoms with van der Waals surface area (Å²) in [4.78, 5) is 0. The predicted octanol–water partition coefficient (Wildman–Crippen LogP) is 10.0. The van der Waals surface area contributed by atoms with Crippen LogP contribution in [-0.2, 0) is 10.8 Å². The fourth-order valence-corrected chi connectivity index (χ4v) is 7.39. The van der Waals surface area contributed by atoms with E-state index in [1.807, 2.05) is 24.3 Å². The van der Waals surface area contributed by atoms with Gasteiger partial charge in [-0.25, -0.2) is 0 Å². The zero-order valence-corrected chi connectivity index (χ0v) is 24.1. The summed E-state index contributed by atoms with van der Waals surface area (Å²) in [6, 6.07) is 51.8. The zero-order chi connectivity index (χ0) is 29.2. The molecule has 204 valence electrons. The molecule has 6 aromatic carbocycles. The normalized spacial score (nSPS) is 14.8. The van der Waals surface area contributed by atoms with Crippen LogP contribution in [0.15, 0.2) is 140 Å². The number of hydrogen-bond donors (Lipinski definition) is 0. The Morgan fingerprint density at radius 2 is 0.907 bits per heavy atom. The lowest BCUT2D eigenvalue weighted by Crippen LogP contribution is -2.43. The van der Waals surface area contributed by atoms with Crippen molar-refractivity contribution in [3.63, 3.8) is 0 Å². The number of fused-ring (bicyclic) bond motifs is 8. The second kappa shape index (κ2) is 9.31. The van der Waals surface area contributed by atoms with E-state index in [0.29, 0.717) is 5.56 Å². The first-order chi connectivity index (χ1) is 21.0. The van der Waals surface area contributed by atoms with Crippen LogP contribution in [0.25, 0.3) is 22.3 Å². The third kappa shape index (κ3) is 3.58. The van der Waals surface area contributed by atoms with Gasteiger partial charge in [0.25, 0.3) is 0 Å². The third-order valence-electron chi connectivity index (χ3n) is 9.47. The Morgan fingerprint density at radius 3 is 1.49 bits per heavy atom. The molecule has 1 heterocycles. The van der Waals surface area contributed by atoms with E-state index in [2.05, 4.69) is 135 Å². The fraction of sp³-hybridized carbons (Fsp3) is 0.0976. The molecule has 1 aliphatic heterocycles. The molecule has 2 heteroatoms. The monoisotopic (exact) mass is 551 g/mol. The van der Waals surface area contributed by atoms with E-state index in [1.54, 1.807) is 0 Å². The minimum Gasteiger partial charge on any atom is -0.457 e. The van der Waals surface area contributed by atoms with E-state index >= 15 is 0 Å². The standard InChI is InChI=1S/C41H29NO/c1-40(2)32-9-3-4-10-34(32)41(35-11-5-7-13-38(35)43-39-14-8-6-12-36(39)41)37-25-31(23-24-33(37)40)30-21-19-29(20-22-30)28-17-15-27(26-42)16-18-28/h3-25H,1-2H3. The minimum absolute atomic E-state index is 0.183. The molecule has 2 aliphatic rings. The van der Waals surface area contributed by atoms with Crippen molar-refractivity contribution in [1.29, 1.82) is 5.26 Å². The number of rotatable bonds is 2. The van der Waals surface area contributed by atoms with Gasteiger partial charge in [0.1, 0.15) is 11.5 Å². The van der Waals surface area contributed by atoms with Crippen molar-refractivity contribution in [2.24, 2.45) is 0 Å². The molecule has 2 nitrogen and oxygen atoms in total. The van der Waals surface area contributed by atoms with E-state index in [4.69, 9.17) is 4.74 Å². The number of nitriles is 1. The molecule has 0 saturated carbocycles. The second-order valence-corrected chi connectivity index (χ2v) is 12.0. The molecule has 0 N–H and O–H groups in total. The van der Waals surface area contributed by atoms with Crippen LogP contribution in [0.1, 0.15) is 52.8 Å². The highest BCUT2D eigenvalue weighted by molar-refractivity contribution is 5.79. The molecular formula is C41H29NO. The van der Waals surface area contributed by atoms with Crippen molar-refractivity contribution >= 4 is 0 Å². The third-order valence-corrected chi connectivity index (χ3v) is 9.47. The Bertz CT molecular complexity index is 2030. The molecule has 0 radical (unpaired) electrons. The minimum atomic E-state index is -0.522. The summed E-state index contributed by atoms with van der Waals surface area (Å²) in [7, 11) is 0. The van der Waals surface area contributed by atoms with Crippen LogP contribution < -0.4 is 4.74 Å². The SMILES string of the molecule is CC1(C)c2ccccc2C2(c3ccccc3Oc3ccccc32)c2cc(-c3ccc(-c4ccc(C#N)cc4)cc3)ccc21. The molecule has 0 saturated heterocycles. The Labute approximate surface area is 252 Å². The smallest absolute Gasteiger partial charge is 0.132 e. The molecular weight excluding hydrogens is 522 g/mol. The maximum absolute atomic E-state index is 9.18. The van der Waals surface area contributed by atoms with Crippen LogP contribution in [0.2, 0.25) is 0 Å². The maximum atomic E-state index is 9.18. The van der Waals surface area contributed by atoms with Crippen molar-refractivity contribution < 1.29 is 4.74 Å². The molecule has 1 spiro atoms. The number of ether oxygens (including phenoxy) is 1. The highest BCUT2D eigenvalue weighted by Crippen LogP contribution is 2.61. The van der Waals surface area contributed by atoms with Gasteiger partial charge in [0.2, 0.25) is 0 Å². The quantitative estimate of drug-likeness (QED) is 0.214. The molecule has 0 amide bonds. The number of para-hydroxylation sites is 2.